The van der Waals surface area contributed by atoms with Crippen molar-refractivity contribution >= 4 is 34.5 Å². The Labute approximate surface area is 262 Å². The number of nitro groups is 1. The number of aromatic carboxylic acids is 1. The van der Waals surface area contributed by atoms with Gasteiger partial charge in [0, 0.05) is 17.1 Å². The number of carboxylic acid groups (broad SMARTS) is 1. The fraction of sp³-hybridized carbons (Fsp3) is 0.206. The summed E-state index contributed by atoms with van der Waals surface area (Å²) in [6.45, 7) is -0.0221. The molecule has 1 N–H and O–H groups in total. The largest absolute Gasteiger partial charge is 0.489 e. The molecule has 9 nitrogen and oxygen atoms in total. The van der Waals surface area contributed by atoms with Crippen molar-refractivity contribution in [3.8, 4) is 28.3 Å². The third-order valence-corrected chi connectivity index (χ3v) is 8.38. The molecule has 1 heterocycles. The van der Waals surface area contributed by atoms with Crippen LogP contribution in [0.25, 0.3) is 33.5 Å². The van der Waals surface area contributed by atoms with Gasteiger partial charge in [-0.3, -0.25) is 10.1 Å². The number of halogens is 2. The van der Waals surface area contributed by atoms with Crippen molar-refractivity contribution in [3.05, 3.63) is 117 Å². The fourth-order valence-electron chi connectivity index (χ4n) is 5.92. The number of amides is 1. The van der Waals surface area contributed by atoms with Gasteiger partial charge in [-0.05, 0) is 84.1 Å². The lowest BCUT2D eigenvalue weighted by Gasteiger charge is -2.25. The van der Waals surface area contributed by atoms with Crippen LogP contribution in [0.3, 0.4) is 0 Å². The molecule has 0 bridgehead atoms. The number of ether oxygens (including phenoxy) is 1. The summed E-state index contributed by atoms with van der Waals surface area (Å²) >= 11 is 6.04. The molecule has 1 aromatic heterocycles. The average molecular weight is 628 g/mol. The van der Waals surface area contributed by atoms with E-state index < -0.39 is 22.6 Å². The van der Waals surface area contributed by atoms with E-state index >= 15 is 4.39 Å². The lowest BCUT2D eigenvalue weighted by Crippen LogP contribution is -2.14. The Bertz CT molecular complexity index is 1950. The topological polar surface area (TPSA) is 125 Å². The molecule has 1 aliphatic carbocycles. The Morgan fingerprint density at radius 1 is 0.956 bits per heavy atom. The van der Waals surface area contributed by atoms with Crippen molar-refractivity contribution in [1.29, 1.82) is 0 Å². The van der Waals surface area contributed by atoms with Gasteiger partial charge in [0.1, 0.15) is 28.9 Å². The van der Waals surface area contributed by atoms with E-state index in [2.05, 4.69) is 4.98 Å². The number of hydrogen-bond acceptors (Lipinski definition) is 6. The van der Waals surface area contributed by atoms with Crippen LogP contribution in [0, 0.1) is 15.9 Å². The Hall–Kier alpha value is -5.09. The molecule has 5 aromatic rings. The molecule has 6 rings (SSSR count). The van der Waals surface area contributed by atoms with Crippen LogP contribution >= 0.6 is 11.6 Å². The summed E-state index contributed by atoms with van der Waals surface area (Å²) in [5.74, 6) is -2.29. The molecule has 1 saturated carbocycles. The molecule has 0 atom stereocenters. The van der Waals surface area contributed by atoms with E-state index in [1.165, 1.54) is 30.3 Å². The number of nitrogens with zero attached hydrogens (tertiary/aromatic N) is 3. The Kier molecular flexibility index (Phi) is 8.32. The molecule has 45 heavy (non-hydrogen) atoms. The molecule has 1 aliphatic rings. The van der Waals surface area contributed by atoms with Crippen LogP contribution < -0.4 is 4.74 Å². The third-order valence-electron chi connectivity index (χ3n) is 8.13. The number of fused-ring (bicyclic) bond motifs is 1. The van der Waals surface area contributed by atoms with Crippen molar-refractivity contribution in [2.24, 2.45) is 0 Å². The minimum absolute atomic E-state index is 0.0221. The number of rotatable bonds is 8. The van der Waals surface area contributed by atoms with Crippen molar-refractivity contribution < 1.29 is 28.7 Å². The fourth-order valence-corrected chi connectivity index (χ4v) is 6.05. The normalized spacial score (nSPS) is 13.6. The maximum atomic E-state index is 15.8. The first-order valence-corrected chi connectivity index (χ1v) is 14.8. The molecular weight excluding hydrogens is 601 g/mol. The molecule has 228 valence electrons. The number of imidazole rings is 1. The molecular formula is C34H27ClFN3O6. The van der Waals surface area contributed by atoms with E-state index in [4.69, 9.17) is 16.3 Å². The third kappa shape index (κ3) is 6.14. The van der Waals surface area contributed by atoms with E-state index in [1.807, 2.05) is 16.7 Å². The number of aromatic nitrogens is 2. The van der Waals surface area contributed by atoms with Crippen LogP contribution in [-0.4, -0.2) is 31.5 Å². The second-order valence-electron chi connectivity index (χ2n) is 11.0. The van der Waals surface area contributed by atoms with Crippen LogP contribution in [0.15, 0.2) is 78.9 Å². The van der Waals surface area contributed by atoms with Crippen molar-refractivity contribution in [2.45, 2.75) is 44.8 Å². The van der Waals surface area contributed by atoms with Gasteiger partial charge in [-0.2, -0.15) is 0 Å². The van der Waals surface area contributed by atoms with Gasteiger partial charge in [0.2, 0.25) is 0 Å². The Balaban J connectivity index is 1.34. The van der Waals surface area contributed by atoms with Crippen LogP contribution in [0.4, 0.5) is 4.39 Å². The highest BCUT2D eigenvalue weighted by Crippen LogP contribution is 2.38. The lowest BCUT2D eigenvalue weighted by atomic mass is 9.94. The molecule has 1 amide bonds. The highest BCUT2D eigenvalue weighted by Gasteiger charge is 2.26. The van der Waals surface area contributed by atoms with E-state index in [0.717, 1.165) is 43.2 Å². The van der Waals surface area contributed by atoms with Crippen LogP contribution in [0.1, 0.15) is 64.4 Å². The number of hydrogen-bond donors (Lipinski definition) is 1. The summed E-state index contributed by atoms with van der Waals surface area (Å²) in [5, 5.41) is 21.2. The summed E-state index contributed by atoms with van der Waals surface area (Å²) < 4.78 is 23.8. The van der Waals surface area contributed by atoms with Gasteiger partial charge in [0.15, 0.2) is 0 Å². The van der Waals surface area contributed by atoms with E-state index in [9.17, 15) is 24.8 Å². The SMILES string of the molecule is O=C(O)c1ccc(-c2ccc(Cl)cc2)c(COc2ccc(-c3nc4cc(C(=O)[N+](=O)[O-])ccc4n3C3CCCCC3)c(F)c2)c1. The zero-order valence-corrected chi connectivity index (χ0v) is 24.7. The summed E-state index contributed by atoms with van der Waals surface area (Å²) in [7, 11) is 0. The van der Waals surface area contributed by atoms with Gasteiger partial charge < -0.3 is 14.4 Å². The number of carboxylic acids is 1. The molecule has 4 aromatic carbocycles. The maximum Gasteiger partial charge on any atom is 0.476 e. The zero-order chi connectivity index (χ0) is 31.7. The first-order chi connectivity index (χ1) is 21.7. The molecule has 0 radical (unpaired) electrons. The second kappa shape index (κ2) is 12.5. The first kappa shape index (κ1) is 30.0. The van der Waals surface area contributed by atoms with Gasteiger partial charge >= 0.3 is 11.9 Å². The highest BCUT2D eigenvalue weighted by molar-refractivity contribution is 6.30. The summed E-state index contributed by atoms with van der Waals surface area (Å²) in [5.41, 5.74) is 3.44. The van der Waals surface area contributed by atoms with Gasteiger partial charge in [-0.25, -0.2) is 19.0 Å². The van der Waals surface area contributed by atoms with Gasteiger partial charge in [-0.15, -0.1) is 0 Å². The molecule has 0 spiro atoms. The smallest absolute Gasteiger partial charge is 0.476 e. The number of carbonyl (C=O) groups excluding carboxylic acids is 1. The first-order valence-electron chi connectivity index (χ1n) is 14.4. The molecule has 0 saturated heterocycles. The predicted octanol–water partition coefficient (Wildman–Crippen LogP) is 8.36. The Morgan fingerprint density at radius 2 is 1.67 bits per heavy atom. The minimum atomic E-state index is -1.23. The zero-order valence-electron chi connectivity index (χ0n) is 23.9. The van der Waals surface area contributed by atoms with E-state index in [1.54, 1.807) is 36.4 Å². The van der Waals surface area contributed by atoms with Gasteiger partial charge in [0.25, 0.3) is 0 Å². The maximum absolute atomic E-state index is 15.8. The number of carbonyl (C=O) groups is 2. The standard InChI is InChI=1S/C34H27ClFN3O6/c35-24-10-6-20(7-11-24)27-13-8-22(34(41)42)16-23(27)19-45-26-12-14-28(29(36)18-26)32-37-30-17-21(33(40)39(43)44)9-15-31(30)38(32)25-4-2-1-3-5-25/h6-18,25H,1-5,19H2,(H,41,42). The average Bonchev–Trinajstić information content (AvgIpc) is 3.42. The van der Waals surface area contributed by atoms with E-state index in [0.29, 0.717) is 27.4 Å². The quantitative estimate of drug-likeness (QED) is 0.135. The minimum Gasteiger partial charge on any atom is -0.489 e. The number of benzene rings is 4. The van der Waals surface area contributed by atoms with Crippen molar-refractivity contribution in [1.82, 2.24) is 9.55 Å². The van der Waals surface area contributed by atoms with Crippen LogP contribution in [0.2, 0.25) is 5.02 Å². The summed E-state index contributed by atoms with van der Waals surface area (Å²) in [4.78, 5) is 38.5. The van der Waals surface area contributed by atoms with Crippen molar-refractivity contribution in [2.75, 3.05) is 0 Å². The van der Waals surface area contributed by atoms with Crippen LogP contribution in [0.5, 0.6) is 5.75 Å². The lowest BCUT2D eigenvalue weighted by molar-refractivity contribution is -0.375. The van der Waals surface area contributed by atoms with Gasteiger partial charge in [0.05, 0.1) is 27.7 Å². The second-order valence-corrected chi connectivity index (χ2v) is 11.4. The predicted molar refractivity (Wildman–Crippen MR) is 167 cm³/mol. The highest BCUT2D eigenvalue weighted by atomic mass is 35.5. The van der Waals surface area contributed by atoms with Crippen LogP contribution in [-0.2, 0) is 6.61 Å². The Morgan fingerprint density at radius 3 is 2.36 bits per heavy atom. The molecule has 11 heteroatoms. The molecule has 0 aliphatic heterocycles. The van der Waals surface area contributed by atoms with Gasteiger partial charge in [-0.1, -0.05) is 49.1 Å². The molecule has 1 fully saturated rings. The summed E-state index contributed by atoms with van der Waals surface area (Å²) in [6.07, 6.45) is 4.88. The summed E-state index contributed by atoms with van der Waals surface area (Å²) in [6, 6.07) is 20.8. The monoisotopic (exact) mass is 627 g/mol. The van der Waals surface area contributed by atoms with E-state index in [-0.39, 0.29) is 35.1 Å². The van der Waals surface area contributed by atoms with Crippen molar-refractivity contribution in [3.63, 3.8) is 0 Å². The molecule has 0 unspecified atom stereocenters.